The van der Waals surface area contributed by atoms with Gasteiger partial charge in [0.15, 0.2) is 11.5 Å². The number of ether oxygens (including phenoxy) is 2. The fourth-order valence-electron chi connectivity index (χ4n) is 1.71. The second-order valence-electron chi connectivity index (χ2n) is 4.44. The van der Waals surface area contributed by atoms with Gasteiger partial charge in [-0.05, 0) is 31.2 Å². The number of carbonyl (C=O) groups is 1. The van der Waals surface area contributed by atoms with Crippen LogP contribution in [-0.4, -0.2) is 18.0 Å². The Balaban J connectivity index is 2.19. The van der Waals surface area contributed by atoms with Crippen LogP contribution in [0.5, 0.6) is 17.2 Å². The molecule has 1 unspecified atom stereocenters. The van der Waals surface area contributed by atoms with Gasteiger partial charge in [0.1, 0.15) is 11.6 Å². The van der Waals surface area contributed by atoms with Crippen molar-refractivity contribution < 1.29 is 18.7 Å². The molecule has 0 fully saturated rings. The molecule has 1 atom stereocenters. The van der Waals surface area contributed by atoms with E-state index in [9.17, 15) is 9.18 Å². The van der Waals surface area contributed by atoms with E-state index in [-0.39, 0.29) is 5.75 Å². The van der Waals surface area contributed by atoms with E-state index in [0.29, 0.717) is 17.2 Å². The second-order valence-corrected chi connectivity index (χ2v) is 4.44. The number of nitrogens with zero attached hydrogens (tertiary/aromatic N) is 1. The quantitative estimate of drug-likeness (QED) is 0.918. The van der Waals surface area contributed by atoms with E-state index in [1.54, 1.807) is 19.1 Å². The molecule has 1 aromatic carbocycles. The van der Waals surface area contributed by atoms with Crippen LogP contribution in [0.1, 0.15) is 18.5 Å². The molecule has 6 heteroatoms. The smallest absolute Gasteiger partial charge is 0.226 e. The summed E-state index contributed by atoms with van der Waals surface area (Å²) in [6.07, 6.45) is 1.47. The van der Waals surface area contributed by atoms with Gasteiger partial charge in [0, 0.05) is 6.07 Å². The number of methoxy groups -OCH3 is 1. The first-order chi connectivity index (χ1) is 10.0. The minimum Gasteiger partial charge on any atom is -0.493 e. The van der Waals surface area contributed by atoms with Gasteiger partial charge in [-0.1, -0.05) is 0 Å². The standard InChI is InChI=1S/C15H15FN2O3/c1-9(15(17)19)12-5-4-11(8-18-12)21-13-6-3-10(16)7-14(13)20-2/h3-9H,1-2H3,(H2,17,19). The number of rotatable bonds is 5. The Morgan fingerprint density at radius 2 is 2.05 bits per heavy atom. The summed E-state index contributed by atoms with van der Waals surface area (Å²) >= 11 is 0. The molecular formula is C15H15FN2O3. The lowest BCUT2D eigenvalue weighted by atomic mass is 10.1. The van der Waals surface area contributed by atoms with Crippen molar-refractivity contribution in [3.8, 4) is 17.2 Å². The van der Waals surface area contributed by atoms with Crippen molar-refractivity contribution >= 4 is 5.91 Å². The zero-order valence-electron chi connectivity index (χ0n) is 11.7. The van der Waals surface area contributed by atoms with Crippen LogP contribution in [-0.2, 0) is 4.79 Å². The molecule has 0 radical (unpaired) electrons. The van der Waals surface area contributed by atoms with E-state index < -0.39 is 17.6 Å². The predicted octanol–water partition coefficient (Wildman–Crippen LogP) is 2.61. The van der Waals surface area contributed by atoms with E-state index >= 15 is 0 Å². The molecule has 0 saturated carbocycles. The summed E-state index contributed by atoms with van der Waals surface area (Å²) in [5.74, 6) is -0.236. The number of nitrogens with two attached hydrogens (primary N) is 1. The lowest BCUT2D eigenvalue weighted by molar-refractivity contribution is -0.119. The van der Waals surface area contributed by atoms with Gasteiger partial charge in [0.2, 0.25) is 5.91 Å². The molecular weight excluding hydrogens is 275 g/mol. The number of amides is 1. The first kappa shape index (κ1) is 14.8. The number of halogens is 1. The van der Waals surface area contributed by atoms with E-state index in [1.807, 2.05) is 0 Å². The van der Waals surface area contributed by atoms with Crippen LogP contribution in [0.2, 0.25) is 0 Å². The van der Waals surface area contributed by atoms with E-state index in [4.69, 9.17) is 15.2 Å². The molecule has 2 rings (SSSR count). The summed E-state index contributed by atoms with van der Waals surface area (Å²) in [5.41, 5.74) is 5.78. The summed E-state index contributed by atoms with van der Waals surface area (Å²) in [6, 6.07) is 7.28. The van der Waals surface area contributed by atoms with Gasteiger partial charge in [-0.3, -0.25) is 9.78 Å². The SMILES string of the molecule is COc1cc(F)ccc1Oc1ccc(C(C)C(N)=O)nc1. The van der Waals surface area contributed by atoms with Crippen molar-refractivity contribution in [1.29, 1.82) is 0 Å². The Hall–Kier alpha value is -2.63. The summed E-state index contributed by atoms with van der Waals surface area (Å²) in [7, 11) is 1.43. The molecule has 0 bridgehead atoms. The molecule has 0 saturated heterocycles. The maximum absolute atomic E-state index is 13.1. The third-order valence-electron chi connectivity index (χ3n) is 2.98. The Bertz CT molecular complexity index is 644. The highest BCUT2D eigenvalue weighted by atomic mass is 19.1. The molecule has 1 heterocycles. The molecule has 1 aromatic heterocycles. The van der Waals surface area contributed by atoms with Crippen LogP contribution < -0.4 is 15.2 Å². The molecule has 2 N–H and O–H groups in total. The first-order valence-electron chi connectivity index (χ1n) is 6.28. The van der Waals surface area contributed by atoms with Crippen LogP contribution in [0.4, 0.5) is 4.39 Å². The molecule has 0 spiro atoms. The molecule has 1 amide bonds. The number of primary amides is 1. The van der Waals surface area contributed by atoms with Crippen molar-refractivity contribution in [2.75, 3.05) is 7.11 Å². The minimum absolute atomic E-state index is 0.282. The van der Waals surface area contributed by atoms with Crippen molar-refractivity contribution in [3.05, 3.63) is 48.0 Å². The number of aromatic nitrogens is 1. The van der Waals surface area contributed by atoms with Crippen molar-refractivity contribution in [3.63, 3.8) is 0 Å². The molecule has 0 aliphatic carbocycles. The monoisotopic (exact) mass is 290 g/mol. The number of benzene rings is 1. The van der Waals surface area contributed by atoms with E-state index in [0.717, 1.165) is 0 Å². The maximum Gasteiger partial charge on any atom is 0.226 e. The molecule has 110 valence electrons. The third-order valence-corrected chi connectivity index (χ3v) is 2.98. The lowest BCUT2D eigenvalue weighted by Crippen LogP contribution is -2.19. The number of carbonyl (C=O) groups excluding carboxylic acids is 1. The lowest BCUT2D eigenvalue weighted by Gasteiger charge is -2.11. The van der Waals surface area contributed by atoms with Gasteiger partial charge in [0.05, 0.1) is 24.9 Å². The highest BCUT2D eigenvalue weighted by Gasteiger charge is 2.13. The normalized spacial score (nSPS) is 11.8. The first-order valence-corrected chi connectivity index (χ1v) is 6.28. The molecule has 21 heavy (non-hydrogen) atoms. The minimum atomic E-state index is -0.473. The number of pyridine rings is 1. The Labute approximate surface area is 121 Å². The molecule has 2 aromatic rings. The fourth-order valence-corrected chi connectivity index (χ4v) is 1.71. The van der Waals surface area contributed by atoms with Gasteiger partial charge in [0.25, 0.3) is 0 Å². The Kier molecular flexibility index (Phi) is 4.37. The average molecular weight is 290 g/mol. The van der Waals surface area contributed by atoms with Gasteiger partial charge in [-0.25, -0.2) is 4.39 Å². The van der Waals surface area contributed by atoms with Crippen LogP contribution in [0.25, 0.3) is 0 Å². The molecule has 5 nitrogen and oxygen atoms in total. The van der Waals surface area contributed by atoms with Gasteiger partial charge in [-0.15, -0.1) is 0 Å². The van der Waals surface area contributed by atoms with Crippen molar-refractivity contribution in [2.24, 2.45) is 5.73 Å². The summed E-state index contributed by atoms with van der Waals surface area (Å²) < 4.78 is 23.7. The van der Waals surface area contributed by atoms with Crippen LogP contribution in [0, 0.1) is 5.82 Å². The predicted molar refractivity (Wildman–Crippen MR) is 74.9 cm³/mol. The number of hydrogen-bond donors (Lipinski definition) is 1. The largest absolute Gasteiger partial charge is 0.493 e. The third kappa shape index (κ3) is 3.47. The van der Waals surface area contributed by atoms with Crippen molar-refractivity contribution in [1.82, 2.24) is 4.98 Å². The van der Waals surface area contributed by atoms with Crippen LogP contribution >= 0.6 is 0 Å². The van der Waals surface area contributed by atoms with Crippen LogP contribution in [0.15, 0.2) is 36.5 Å². The average Bonchev–Trinajstić information content (AvgIpc) is 2.49. The Morgan fingerprint density at radius 1 is 1.29 bits per heavy atom. The summed E-state index contributed by atoms with van der Waals surface area (Å²) in [4.78, 5) is 15.2. The zero-order chi connectivity index (χ0) is 15.4. The fraction of sp³-hybridized carbons (Fsp3) is 0.200. The molecule has 0 aliphatic rings. The Morgan fingerprint density at radius 3 is 2.62 bits per heavy atom. The van der Waals surface area contributed by atoms with Gasteiger partial charge < -0.3 is 15.2 Å². The zero-order valence-corrected chi connectivity index (χ0v) is 11.7. The highest BCUT2D eigenvalue weighted by Crippen LogP contribution is 2.31. The van der Waals surface area contributed by atoms with Crippen molar-refractivity contribution in [2.45, 2.75) is 12.8 Å². The molecule has 0 aliphatic heterocycles. The van der Waals surface area contributed by atoms with Gasteiger partial charge >= 0.3 is 0 Å². The van der Waals surface area contributed by atoms with Gasteiger partial charge in [-0.2, -0.15) is 0 Å². The number of hydrogen-bond acceptors (Lipinski definition) is 4. The summed E-state index contributed by atoms with van der Waals surface area (Å²) in [6.45, 7) is 1.67. The highest BCUT2D eigenvalue weighted by molar-refractivity contribution is 5.80. The maximum atomic E-state index is 13.1. The summed E-state index contributed by atoms with van der Waals surface area (Å²) in [5, 5.41) is 0. The second kappa shape index (κ2) is 6.21. The van der Waals surface area contributed by atoms with E-state index in [1.165, 1.54) is 31.5 Å². The topological polar surface area (TPSA) is 74.4 Å². The van der Waals surface area contributed by atoms with E-state index in [2.05, 4.69) is 4.98 Å². The van der Waals surface area contributed by atoms with Crippen LogP contribution in [0.3, 0.4) is 0 Å².